The summed E-state index contributed by atoms with van der Waals surface area (Å²) in [6.45, 7) is 9.37. The van der Waals surface area contributed by atoms with Crippen molar-refractivity contribution in [1.29, 1.82) is 0 Å². The smallest absolute Gasteiger partial charge is 0.338 e. The number of rotatable bonds is 8. The number of amides is 2. The number of ether oxygens (including phenoxy) is 3. The number of benzene rings is 1. The summed E-state index contributed by atoms with van der Waals surface area (Å²) in [6.07, 6.45) is 0. The van der Waals surface area contributed by atoms with Crippen LogP contribution >= 0.6 is 0 Å². The van der Waals surface area contributed by atoms with Crippen molar-refractivity contribution in [1.82, 2.24) is 20.0 Å². The molecule has 0 saturated carbocycles. The average molecular weight is 447 g/mol. The van der Waals surface area contributed by atoms with Crippen LogP contribution in [0.2, 0.25) is 0 Å². The number of carbonyl (C=O) groups excluding carboxylic acids is 2. The van der Waals surface area contributed by atoms with Crippen LogP contribution in [0.4, 0.5) is 4.79 Å². The van der Waals surface area contributed by atoms with E-state index in [4.69, 9.17) is 14.2 Å². The third-order valence-corrected chi connectivity index (χ3v) is 6.06. The lowest BCUT2D eigenvalue weighted by atomic mass is 9.93. The normalized spacial score (nSPS) is 20.2. The van der Waals surface area contributed by atoms with Crippen LogP contribution in [-0.2, 0) is 9.53 Å². The van der Waals surface area contributed by atoms with Crippen LogP contribution in [0, 0.1) is 0 Å². The summed E-state index contributed by atoms with van der Waals surface area (Å²) in [5, 5.41) is 2.95. The van der Waals surface area contributed by atoms with E-state index in [0.29, 0.717) is 34.9 Å². The number of nitrogens with one attached hydrogen (secondary N) is 1. The predicted octanol–water partition coefficient (Wildman–Crippen LogP) is 1.85. The first-order valence-corrected chi connectivity index (χ1v) is 11.0. The van der Waals surface area contributed by atoms with Crippen molar-refractivity contribution in [2.45, 2.75) is 19.9 Å². The molecule has 1 aromatic rings. The lowest BCUT2D eigenvalue weighted by Crippen LogP contribution is -2.52. The predicted molar refractivity (Wildman–Crippen MR) is 121 cm³/mol. The Morgan fingerprint density at radius 2 is 1.62 bits per heavy atom. The quantitative estimate of drug-likeness (QED) is 0.610. The first kappa shape index (κ1) is 23.9. The van der Waals surface area contributed by atoms with Crippen molar-refractivity contribution < 1.29 is 23.8 Å². The SMILES string of the molecule is CCOC(=O)C1=C(CN2CCN(CC)CC2)N(C)C(=O)N[C@@H]1c1cc(OC)cc(OC)c1. The molecule has 176 valence electrons. The molecule has 9 nitrogen and oxygen atoms in total. The van der Waals surface area contributed by atoms with Crippen molar-refractivity contribution in [2.75, 3.05) is 67.1 Å². The van der Waals surface area contributed by atoms with E-state index >= 15 is 0 Å². The fraction of sp³-hybridized carbons (Fsp3) is 0.565. The monoisotopic (exact) mass is 446 g/mol. The van der Waals surface area contributed by atoms with Crippen molar-refractivity contribution in [3.05, 3.63) is 35.0 Å². The van der Waals surface area contributed by atoms with Gasteiger partial charge in [-0.15, -0.1) is 0 Å². The minimum atomic E-state index is -0.673. The highest BCUT2D eigenvalue weighted by Crippen LogP contribution is 2.35. The molecule has 2 aliphatic heterocycles. The number of esters is 1. The number of piperazine rings is 1. The minimum absolute atomic E-state index is 0.247. The Hall–Kier alpha value is -2.78. The molecule has 2 amide bonds. The fourth-order valence-electron chi connectivity index (χ4n) is 4.12. The molecule has 0 aromatic heterocycles. The number of methoxy groups -OCH3 is 2. The van der Waals surface area contributed by atoms with Gasteiger partial charge >= 0.3 is 12.0 Å². The van der Waals surface area contributed by atoms with E-state index in [1.807, 2.05) is 0 Å². The summed E-state index contributed by atoms with van der Waals surface area (Å²) in [5.41, 5.74) is 1.78. The van der Waals surface area contributed by atoms with Gasteiger partial charge in [-0.1, -0.05) is 6.92 Å². The molecule has 0 radical (unpaired) electrons. The van der Waals surface area contributed by atoms with Crippen LogP contribution in [0.15, 0.2) is 29.5 Å². The maximum absolute atomic E-state index is 13.1. The first-order valence-electron chi connectivity index (χ1n) is 11.0. The molecule has 1 fully saturated rings. The van der Waals surface area contributed by atoms with E-state index < -0.39 is 12.0 Å². The first-order chi connectivity index (χ1) is 15.4. The van der Waals surface area contributed by atoms with Crippen LogP contribution in [-0.4, -0.2) is 93.8 Å². The minimum Gasteiger partial charge on any atom is -0.497 e. The van der Waals surface area contributed by atoms with E-state index in [9.17, 15) is 9.59 Å². The van der Waals surface area contributed by atoms with Gasteiger partial charge in [0.25, 0.3) is 0 Å². The third kappa shape index (κ3) is 5.16. The molecule has 0 unspecified atom stereocenters. The number of nitrogens with zero attached hydrogens (tertiary/aromatic N) is 3. The Balaban J connectivity index is 2.04. The highest BCUT2D eigenvalue weighted by molar-refractivity contribution is 5.95. The van der Waals surface area contributed by atoms with Crippen molar-refractivity contribution in [3.8, 4) is 11.5 Å². The van der Waals surface area contributed by atoms with Gasteiger partial charge in [0, 0.05) is 51.5 Å². The number of urea groups is 1. The molecule has 0 aliphatic carbocycles. The van der Waals surface area contributed by atoms with Gasteiger partial charge in [-0.2, -0.15) is 0 Å². The molecule has 1 atom stereocenters. The van der Waals surface area contributed by atoms with E-state index in [2.05, 4.69) is 22.0 Å². The molecule has 0 spiro atoms. The lowest BCUT2D eigenvalue weighted by Gasteiger charge is -2.39. The molecule has 3 rings (SSSR count). The van der Waals surface area contributed by atoms with Crippen LogP contribution in [0.25, 0.3) is 0 Å². The molecule has 2 aliphatic rings. The Morgan fingerprint density at radius 3 is 2.16 bits per heavy atom. The highest BCUT2D eigenvalue weighted by atomic mass is 16.5. The Labute approximate surface area is 189 Å². The Bertz CT molecular complexity index is 842. The van der Waals surface area contributed by atoms with Crippen molar-refractivity contribution >= 4 is 12.0 Å². The van der Waals surface area contributed by atoms with Crippen LogP contribution < -0.4 is 14.8 Å². The van der Waals surface area contributed by atoms with Crippen LogP contribution in [0.1, 0.15) is 25.5 Å². The average Bonchev–Trinajstić information content (AvgIpc) is 2.81. The van der Waals surface area contributed by atoms with Gasteiger partial charge in [0.2, 0.25) is 0 Å². The summed E-state index contributed by atoms with van der Waals surface area (Å²) in [7, 11) is 4.82. The zero-order valence-electron chi connectivity index (χ0n) is 19.6. The number of hydrogen-bond donors (Lipinski definition) is 1. The second-order valence-corrected chi connectivity index (χ2v) is 7.88. The molecule has 2 heterocycles. The van der Waals surface area contributed by atoms with E-state index in [1.165, 1.54) is 4.90 Å². The van der Waals surface area contributed by atoms with Gasteiger partial charge in [0.1, 0.15) is 11.5 Å². The Kier molecular flexibility index (Phi) is 7.98. The van der Waals surface area contributed by atoms with Gasteiger partial charge in [0.05, 0.1) is 32.4 Å². The molecule has 1 saturated heterocycles. The Morgan fingerprint density at radius 1 is 1.03 bits per heavy atom. The van der Waals surface area contributed by atoms with Crippen molar-refractivity contribution in [2.24, 2.45) is 0 Å². The van der Waals surface area contributed by atoms with Gasteiger partial charge in [-0.3, -0.25) is 9.80 Å². The molecule has 1 N–H and O–H groups in total. The lowest BCUT2D eigenvalue weighted by molar-refractivity contribution is -0.139. The van der Waals surface area contributed by atoms with Crippen LogP contribution in [0.5, 0.6) is 11.5 Å². The summed E-state index contributed by atoms with van der Waals surface area (Å²) in [4.78, 5) is 32.2. The van der Waals surface area contributed by atoms with Gasteiger partial charge < -0.3 is 24.4 Å². The number of carbonyl (C=O) groups is 2. The molecule has 32 heavy (non-hydrogen) atoms. The second-order valence-electron chi connectivity index (χ2n) is 7.88. The van der Waals surface area contributed by atoms with E-state index in [0.717, 1.165) is 32.7 Å². The number of likely N-dealkylation sites (N-methyl/N-ethyl adjacent to an activating group) is 2. The van der Waals surface area contributed by atoms with Gasteiger partial charge in [-0.25, -0.2) is 9.59 Å². The summed E-state index contributed by atoms with van der Waals surface area (Å²) in [6, 6.07) is 4.41. The highest BCUT2D eigenvalue weighted by Gasteiger charge is 2.38. The van der Waals surface area contributed by atoms with E-state index in [1.54, 1.807) is 46.4 Å². The van der Waals surface area contributed by atoms with Gasteiger partial charge in [0.15, 0.2) is 0 Å². The maximum atomic E-state index is 13.1. The topological polar surface area (TPSA) is 83.6 Å². The van der Waals surface area contributed by atoms with Crippen molar-refractivity contribution in [3.63, 3.8) is 0 Å². The third-order valence-electron chi connectivity index (χ3n) is 6.06. The summed E-state index contributed by atoms with van der Waals surface area (Å²) < 4.78 is 16.2. The molecular weight excluding hydrogens is 412 g/mol. The fourth-order valence-corrected chi connectivity index (χ4v) is 4.12. The molecule has 0 bridgehead atoms. The molecule has 1 aromatic carbocycles. The molecule has 9 heteroatoms. The maximum Gasteiger partial charge on any atom is 0.338 e. The largest absolute Gasteiger partial charge is 0.497 e. The van der Waals surface area contributed by atoms with Crippen LogP contribution in [0.3, 0.4) is 0 Å². The number of hydrogen-bond acceptors (Lipinski definition) is 7. The second kappa shape index (κ2) is 10.7. The zero-order valence-corrected chi connectivity index (χ0v) is 19.6. The zero-order chi connectivity index (χ0) is 23.3. The summed E-state index contributed by atoms with van der Waals surface area (Å²) in [5.74, 6) is 0.717. The summed E-state index contributed by atoms with van der Waals surface area (Å²) >= 11 is 0. The molecular formula is C23H34N4O5. The van der Waals surface area contributed by atoms with E-state index in [-0.39, 0.29) is 12.6 Å². The van der Waals surface area contributed by atoms with Gasteiger partial charge in [-0.05, 0) is 31.2 Å². The standard InChI is InChI=1S/C23H34N4O5/c1-6-26-8-10-27(11-9-26)15-19-20(22(28)32-7-2)21(24-23(29)25(19)3)16-12-17(30-4)14-18(13-16)31-5/h12-14,21H,6-11,15H2,1-5H3,(H,24,29)/t21-/m1/s1.